The summed E-state index contributed by atoms with van der Waals surface area (Å²) in [6, 6.07) is 1.41. The van der Waals surface area contributed by atoms with Gasteiger partial charge in [0.2, 0.25) is 5.91 Å². The lowest BCUT2D eigenvalue weighted by Gasteiger charge is -2.43. The predicted molar refractivity (Wildman–Crippen MR) is 105 cm³/mol. The molecule has 1 aromatic rings. The molecule has 6 nitrogen and oxygen atoms in total. The third-order valence-corrected chi connectivity index (χ3v) is 7.27. The van der Waals surface area contributed by atoms with E-state index in [1.165, 1.54) is 56.2 Å². The van der Waals surface area contributed by atoms with Gasteiger partial charge in [-0.2, -0.15) is 5.10 Å². The maximum absolute atomic E-state index is 12.8. The van der Waals surface area contributed by atoms with E-state index in [9.17, 15) is 4.79 Å². The van der Waals surface area contributed by atoms with Gasteiger partial charge in [-0.05, 0) is 25.7 Å². The van der Waals surface area contributed by atoms with E-state index >= 15 is 0 Å². The minimum atomic E-state index is 0.315. The second kappa shape index (κ2) is 7.55. The molecule has 4 aliphatic rings. The molecular weight excluding hydrogens is 338 g/mol. The summed E-state index contributed by atoms with van der Waals surface area (Å²) < 4.78 is 2.22. The summed E-state index contributed by atoms with van der Waals surface area (Å²) in [6.07, 6.45) is 12.6. The van der Waals surface area contributed by atoms with Crippen LogP contribution in [-0.4, -0.2) is 75.7 Å². The molecule has 0 atom stereocenters. The zero-order valence-corrected chi connectivity index (χ0v) is 16.5. The summed E-state index contributed by atoms with van der Waals surface area (Å²) >= 11 is 0. The van der Waals surface area contributed by atoms with Gasteiger partial charge >= 0.3 is 0 Å². The quantitative estimate of drug-likeness (QED) is 0.813. The zero-order valence-electron chi connectivity index (χ0n) is 16.5. The van der Waals surface area contributed by atoms with E-state index in [0.29, 0.717) is 18.5 Å². The van der Waals surface area contributed by atoms with Gasteiger partial charge in [-0.3, -0.25) is 19.3 Å². The van der Waals surface area contributed by atoms with Crippen LogP contribution in [0.25, 0.3) is 0 Å². The molecule has 0 bridgehead atoms. The first-order valence-electron chi connectivity index (χ1n) is 11.1. The SMILES string of the molecule is O=C(CN1CCc2nn(C3CCCC3)cc2C1)N1CCN(C2CCC2)CC1. The number of rotatable bonds is 4. The third kappa shape index (κ3) is 3.66. The average molecular weight is 372 g/mol. The van der Waals surface area contributed by atoms with Crippen molar-refractivity contribution < 1.29 is 4.79 Å². The van der Waals surface area contributed by atoms with Gasteiger partial charge in [-0.25, -0.2) is 0 Å². The molecule has 2 saturated carbocycles. The predicted octanol–water partition coefficient (Wildman–Crippen LogP) is 2.05. The lowest BCUT2D eigenvalue weighted by Crippen LogP contribution is -2.55. The van der Waals surface area contributed by atoms with Crippen LogP contribution in [0.5, 0.6) is 0 Å². The Bertz CT molecular complexity index is 668. The molecule has 2 aliphatic heterocycles. The van der Waals surface area contributed by atoms with Crippen molar-refractivity contribution in [3.05, 3.63) is 17.5 Å². The maximum Gasteiger partial charge on any atom is 0.236 e. The highest BCUT2D eigenvalue weighted by molar-refractivity contribution is 5.78. The fraction of sp³-hybridized carbons (Fsp3) is 0.810. The Labute approximate surface area is 162 Å². The van der Waals surface area contributed by atoms with Crippen LogP contribution < -0.4 is 0 Å². The molecule has 2 aliphatic carbocycles. The average Bonchev–Trinajstić information content (AvgIpc) is 3.30. The molecular formula is C21H33N5O. The first kappa shape index (κ1) is 17.7. The summed E-state index contributed by atoms with van der Waals surface area (Å²) in [6.45, 7) is 6.36. The number of fused-ring (bicyclic) bond motifs is 1. The van der Waals surface area contributed by atoms with Crippen molar-refractivity contribution in [2.45, 2.75) is 70.0 Å². The minimum Gasteiger partial charge on any atom is -0.339 e. The number of carbonyl (C=O) groups is 1. The summed E-state index contributed by atoms with van der Waals surface area (Å²) in [4.78, 5) is 19.8. The van der Waals surface area contributed by atoms with Gasteiger partial charge in [-0.1, -0.05) is 19.3 Å². The molecule has 0 radical (unpaired) electrons. The van der Waals surface area contributed by atoms with E-state index in [1.54, 1.807) is 0 Å². The van der Waals surface area contributed by atoms with Crippen molar-refractivity contribution in [3.8, 4) is 0 Å². The molecule has 3 fully saturated rings. The summed E-state index contributed by atoms with van der Waals surface area (Å²) in [5.74, 6) is 0.315. The van der Waals surface area contributed by atoms with Gasteiger partial charge in [0.15, 0.2) is 0 Å². The Morgan fingerprint density at radius 1 is 0.963 bits per heavy atom. The summed E-state index contributed by atoms with van der Waals surface area (Å²) in [5.41, 5.74) is 2.61. The topological polar surface area (TPSA) is 44.6 Å². The highest BCUT2D eigenvalue weighted by Gasteiger charge is 2.30. The number of nitrogens with zero attached hydrogens (tertiary/aromatic N) is 5. The first-order chi connectivity index (χ1) is 13.3. The van der Waals surface area contributed by atoms with Crippen molar-refractivity contribution in [3.63, 3.8) is 0 Å². The molecule has 0 aromatic carbocycles. The second-order valence-corrected chi connectivity index (χ2v) is 8.98. The van der Waals surface area contributed by atoms with Crippen molar-refractivity contribution in [1.82, 2.24) is 24.5 Å². The zero-order chi connectivity index (χ0) is 18.2. The summed E-state index contributed by atoms with van der Waals surface area (Å²) in [7, 11) is 0. The lowest BCUT2D eigenvalue weighted by atomic mass is 9.91. The van der Waals surface area contributed by atoms with E-state index in [4.69, 9.17) is 5.10 Å². The normalized spacial score (nSPS) is 25.6. The molecule has 0 spiro atoms. The molecule has 1 amide bonds. The first-order valence-corrected chi connectivity index (χ1v) is 11.1. The van der Waals surface area contributed by atoms with Crippen molar-refractivity contribution in [2.24, 2.45) is 0 Å². The largest absolute Gasteiger partial charge is 0.339 e. The number of amides is 1. The fourth-order valence-corrected chi connectivity index (χ4v) is 5.26. The molecule has 5 rings (SSSR count). The van der Waals surface area contributed by atoms with Crippen molar-refractivity contribution in [1.29, 1.82) is 0 Å². The van der Waals surface area contributed by atoms with Gasteiger partial charge in [0.1, 0.15) is 0 Å². The van der Waals surface area contributed by atoms with Crippen LogP contribution in [0.1, 0.15) is 62.2 Å². The highest BCUT2D eigenvalue weighted by Crippen LogP contribution is 2.30. The molecule has 3 heterocycles. The van der Waals surface area contributed by atoms with Crippen LogP contribution in [0.2, 0.25) is 0 Å². The van der Waals surface area contributed by atoms with Crippen LogP contribution in [-0.2, 0) is 17.8 Å². The Balaban J connectivity index is 1.13. The smallest absolute Gasteiger partial charge is 0.236 e. The van der Waals surface area contributed by atoms with Gasteiger partial charge in [-0.15, -0.1) is 0 Å². The molecule has 6 heteroatoms. The van der Waals surface area contributed by atoms with Crippen LogP contribution in [0.4, 0.5) is 0 Å². The molecule has 148 valence electrons. The second-order valence-electron chi connectivity index (χ2n) is 8.98. The van der Waals surface area contributed by atoms with Crippen LogP contribution in [0.15, 0.2) is 6.20 Å². The third-order valence-electron chi connectivity index (χ3n) is 7.27. The van der Waals surface area contributed by atoms with Gasteiger partial charge in [0.05, 0.1) is 18.3 Å². The van der Waals surface area contributed by atoms with E-state index in [0.717, 1.165) is 51.7 Å². The monoisotopic (exact) mass is 371 g/mol. The van der Waals surface area contributed by atoms with Crippen molar-refractivity contribution in [2.75, 3.05) is 39.3 Å². The van der Waals surface area contributed by atoms with E-state index in [-0.39, 0.29) is 0 Å². The van der Waals surface area contributed by atoms with Gasteiger partial charge < -0.3 is 4.90 Å². The standard InChI is InChI=1S/C21H33N5O/c27-21(25-12-10-24(11-13-25)18-6-3-7-18)16-23-9-8-20-17(14-23)15-26(22-20)19-4-1-2-5-19/h15,18-19H,1-14,16H2. The van der Waals surface area contributed by atoms with E-state index < -0.39 is 0 Å². The molecule has 0 unspecified atom stereocenters. The number of aromatic nitrogens is 2. The fourth-order valence-electron chi connectivity index (χ4n) is 5.26. The maximum atomic E-state index is 12.8. The van der Waals surface area contributed by atoms with Gasteiger partial charge in [0.25, 0.3) is 0 Å². The Hall–Kier alpha value is -1.40. The Morgan fingerprint density at radius 3 is 2.41 bits per heavy atom. The van der Waals surface area contributed by atoms with Crippen LogP contribution >= 0.6 is 0 Å². The van der Waals surface area contributed by atoms with Crippen molar-refractivity contribution >= 4 is 5.91 Å². The number of piperazine rings is 1. The molecule has 1 aromatic heterocycles. The number of hydrogen-bond acceptors (Lipinski definition) is 4. The number of carbonyl (C=O) groups excluding carboxylic acids is 1. The van der Waals surface area contributed by atoms with Crippen LogP contribution in [0, 0.1) is 0 Å². The Morgan fingerprint density at radius 2 is 1.70 bits per heavy atom. The number of hydrogen-bond donors (Lipinski definition) is 0. The molecule has 27 heavy (non-hydrogen) atoms. The van der Waals surface area contributed by atoms with Crippen LogP contribution in [0.3, 0.4) is 0 Å². The Kier molecular flexibility index (Phi) is 4.94. The minimum absolute atomic E-state index is 0.315. The van der Waals surface area contributed by atoms with Gasteiger partial charge in [0, 0.05) is 63.5 Å². The highest BCUT2D eigenvalue weighted by atomic mass is 16.2. The lowest BCUT2D eigenvalue weighted by molar-refractivity contribution is -0.135. The molecule has 1 saturated heterocycles. The van der Waals surface area contributed by atoms with E-state index in [2.05, 4.69) is 25.6 Å². The summed E-state index contributed by atoms with van der Waals surface area (Å²) in [5, 5.41) is 4.86. The van der Waals surface area contributed by atoms with E-state index in [1.807, 2.05) is 0 Å². The molecule has 0 N–H and O–H groups in total.